The molecule has 1 aromatic rings. The van der Waals surface area contributed by atoms with Crippen molar-refractivity contribution >= 4 is 5.91 Å². The standard InChI is InChI=1S/C10H11F2NO2/c11-9(12)10(14)13-6-7-15-8-4-2-1-3-5-8/h1-5,9H,6-7H2,(H,13,14). The van der Waals surface area contributed by atoms with Crippen molar-refractivity contribution in [2.24, 2.45) is 0 Å². The van der Waals surface area contributed by atoms with Crippen molar-refractivity contribution in [1.29, 1.82) is 0 Å². The third kappa shape index (κ3) is 4.39. The van der Waals surface area contributed by atoms with E-state index in [1.54, 1.807) is 24.3 Å². The maximum atomic E-state index is 11.7. The smallest absolute Gasteiger partial charge is 0.315 e. The molecule has 0 aliphatic rings. The Labute approximate surface area is 86.0 Å². The summed E-state index contributed by atoms with van der Waals surface area (Å²) in [6.07, 6.45) is -2.97. The van der Waals surface area contributed by atoms with Crippen molar-refractivity contribution in [3.63, 3.8) is 0 Å². The number of carbonyl (C=O) groups is 1. The summed E-state index contributed by atoms with van der Waals surface area (Å²) in [5.74, 6) is -0.629. The number of halogens is 2. The van der Waals surface area contributed by atoms with Gasteiger partial charge in [0, 0.05) is 0 Å². The second kappa shape index (κ2) is 5.95. The van der Waals surface area contributed by atoms with Crippen molar-refractivity contribution in [1.82, 2.24) is 5.32 Å². The van der Waals surface area contributed by atoms with Gasteiger partial charge in [-0.25, -0.2) is 0 Å². The molecule has 1 N–H and O–H groups in total. The fraction of sp³-hybridized carbons (Fsp3) is 0.300. The average Bonchev–Trinajstić information content (AvgIpc) is 2.25. The zero-order chi connectivity index (χ0) is 11.1. The Hall–Kier alpha value is -1.65. The number of hydrogen-bond donors (Lipinski definition) is 1. The molecule has 0 bridgehead atoms. The maximum absolute atomic E-state index is 11.7. The monoisotopic (exact) mass is 215 g/mol. The lowest BCUT2D eigenvalue weighted by Crippen LogP contribution is -2.32. The van der Waals surface area contributed by atoms with Crippen LogP contribution in [0, 0.1) is 0 Å². The molecule has 0 aliphatic heterocycles. The van der Waals surface area contributed by atoms with E-state index in [1.165, 1.54) is 0 Å². The molecule has 82 valence electrons. The van der Waals surface area contributed by atoms with Crippen LogP contribution in [0.4, 0.5) is 8.78 Å². The number of rotatable bonds is 5. The van der Waals surface area contributed by atoms with Crippen molar-refractivity contribution in [2.45, 2.75) is 6.43 Å². The van der Waals surface area contributed by atoms with E-state index in [4.69, 9.17) is 4.74 Å². The molecule has 1 rings (SSSR count). The molecule has 0 spiro atoms. The molecule has 0 atom stereocenters. The predicted octanol–water partition coefficient (Wildman–Crippen LogP) is 1.45. The Morgan fingerprint density at radius 3 is 2.60 bits per heavy atom. The molecule has 0 saturated heterocycles. The number of amides is 1. The van der Waals surface area contributed by atoms with Crippen LogP contribution < -0.4 is 10.1 Å². The van der Waals surface area contributed by atoms with Crippen molar-refractivity contribution in [3.05, 3.63) is 30.3 Å². The molecule has 0 heterocycles. The first-order valence-electron chi connectivity index (χ1n) is 4.44. The van der Waals surface area contributed by atoms with E-state index in [9.17, 15) is 13.6 Å². The minimum absolute atomic E-state index is 0.0675. The number of para-hydroxylation sites is 1. The third-order valence-electron chi connectivity index (χ3n) is 1.61. The van der Waals surface area contributed by atoms with Crippen molar-refractivity contribution in [3.8, 4) is 5.75 Å². The van der Waals surface area contributed by atoms with Crippen LogP contribution in [0.15, 0.2) is 30.3 Å². The predicted molar refractivity (Wildman–Crippen MR) is 51.0 cm³/mol. The molecule has 0 saturated carbocycles. The number of nitrogens with one attached hydrogen (secondary N) is 1. The lowest BCUT2D eigenvalue weighted by molar-refractivity contribution is -0.131. The van der Waals surface area contributed by atoms with Gasteiger partial charge in [-0.1, -0.05) is 18.2 Å². The van der Waals surface area contributed by atoms with Crippen LogP contribution in [0.2, 0.25) is 0 Å². The number of alkyl halides is 2. The molecule has 0 radical (unpaired) electrons. The van der Waals surface area contributed by atoms with E-state index in [1.807, 2.05) is 11.4 Å². The highest BCUT2D eigenvalue weighted by Gasteiger charge is 2.13. The van der Waals surface area contributed by atoms with Crippen molar-refractivity contribution in [2.75, 3.05) is 13.2 Å². The van der Waals surface area contributed by atoms with Gasteiger partial charge in [0.15, 0.2) is 0 Å². The highest BCUT2D eigenvalue weighted by molar-refractivity contribution is 5.78. The highest BCUT2D eigenvalue weighted by Crippen LogP contribution is 2.07. The van der Waals surface area contributed by atoms with Gasteiger partial charge in [-0.05, 0) is 12.1 Å². The summed E-state index contributed by atoms with van der Waals surface area (Å²) < 4.78 is 28.6. The van der Waals surface area contributed by atoms with Crippen LogP contribution >= 0.6 is 0 Å². The topological polar surface area (TPSA) is 38.3 Å². The van der Waals surface area contributed by atoms with Gasteiger partial charge in [0.1, 0.15) is 12.4 Å². The second-order valence-corrected chi connectivity index (χ2v) is 2.75. The second-order valence-electron chi connectivity index (χ2n) is 2.75. The first-order valence-corrected chi connectivity index (χ1v) is 4.44. The van der Waals surface area contributed by atoms with Gasteiger partial charge in [-0.15, -0.1) is 0 Å². The molecular formula is C10H11F2NO2. The maximum Gasteiger partial charge on any atom is 0.315 e. The van der Waals surface area contributed by atoms with Crippen LogP contribution in [-0.2, 0) is 4.79 Å². The van der Waals surface area contributed by atoms with Crippen LogP contribution in [0.3, 0.4) is 0 Å². The molecule has 1 amide bonds. The van der Waals surface area contributed by atoms with Gasteiger partial charge in [0.05, 0.1) is 6.54 Å². The minimum atomic E-state index is -2.97. The van der Waals surface area contributed by atoms with Gasteiger partial charge in [-0.2, -0.15) is 8.78 Å². The van der Waals surface area contributed by atoms with E-state index in [2.05, 4.69) is 0 Å². The molecule has 0 aromatic heterocycles. The van der Waals surface area contributed by atoms with Gasteiger partial charge >= 0.3 is 6.43 Å². The van der Waals surface area contributed by atoms with Crippen LogP contribution in [-0.4, -0.2) is 25.5 Å². The minimum Gasteiger partial charge on any atom is -0.492 e. The summed E-state index contributed by atoms with van der Waals surface area (Å²) >= 11 is 0. The molecule has 3 nitrogen and oxygen atoms in total. The highest BCUT2D eigenvalue weighted by atomic mass is 19.3. The van der Waals surface area contributed by atoms with E-state index >= 15 is 0 Å². The molecule has 5 heteroatoms. The summed E-state index contributed by atoms with van der Waals surface area (Å²) in [5, 5.41) is 2.04. The molecule has 1 aromatic carbocycles. The first kappa shape index (κ1) is 11.4. The average molecular weight is 215 g/mol. The molecule has 0 fully saturated rings. The Balaban J connectivity index is 2.15. The zero-order valence-corrected chi connectivity index (χ0v) is 7.95. The lowest BCUT2D eigenvalue weighted by Gasteiger charge is -2.06. The van der Waals surface area contributed by atoms with Gasteiger partial charge < -0.3 is 10.1 Å². The molecular weight excluding hydrogens is 204 g/mol. The SMILES string of the molecule is O=C(NCCOc1ccccc1)C(F)F. The summed E-state index contributed by atoms with van der Waals surface area (Å²) in [6.45, 7) is 0.237. The number of ether oxygens (including phenoxy) is 1. The van der Waals surface area contributed by atoms with Crippen LogP contribution in [0.1, 0.15) is 0 Å². The van der Waals surface area contributed by atoms with Gasteiger partial charge in [-0.3, -0.25) is 4.79 Å². The molecule has 15 heavy (non-hydrogen) atoms. The summed E-state index contributed by atoms with van der Waals surface area (Å²) in [6, 6.07) is 8.93. The van der Waals surface area contributed by atoms with E-state index in [-0.39, 0.29) is 13.2 Å². The fourth-order valence-electron chi connectivity index (χ4n) is 0.937. The number of hydrogen-bond acceptors (Lipinski definition) is 2. The summed E-state index contributed by atoms with van der Waals surface area (Å²) in [7, 11) is 0. The van der Waals surface area contributed by atoms with Gasteiger partial charge in [0.2, 0.25) is 0 Å². The number of benzene rings is 1. The summed E-state index contributed by atoms with van der Waals surface area (Å²) in [5.41, 5.74) is 0. The zero-order valence-electron chi connectivity index (χ0n) is 7.95. The third-order valence-corrected chi connectivity index (χ3v) is 1.61. The van der Waals surface area contributed by atoms with E-state index in [0.717, 1.165) is 0 Å². The Kier molecular flexibility index (Phi) is 4.53. The normalized spacial score (nSPS) is 10.1. The Morgan fingerprint density at radius 2 is 2.00 bits per heavy atom. The van der Waals surface area contributed by atoms with Crippen LogP contribution in [0.25, 0.3) is 0 Å². The first-order chi connectivity index (χ1) is 7.20. The van der Waals surface area contributed by atoms with Crippen molar-refractivity contribution < 1.29 is 18.3 Å². The quantitative estimate of drug-likeness (QED) is 0.755. The molecule has 0 aliphatic carbocycles. The lowest BCUT2D eigenvalue weighted by atomic mass is 10.3. The van der Waals surface area contributed by atoms with E-state index in [0.29, 0.717) is 5.75 Å². The Morgan fingerprint density at radius 1 is 1.33 bits per heavy atom. The fourth-order valence-corrected chi connectivity index (χ4v) is 0.937. The largest absolute Gasteiger partial charge is 0.492 e. The summed E-state index contributed by atoms with van der Waals surface area (Å²) in [4.78, 5) is 10.4. The Bertz CT molecular complexity index is 304. The number of carbonyl (C=O) groups excluding carboxylic acids is 1. The van der Waals surface area contributed by atoms with Gasteiger partial charge in [0.25, 0.3) is 5.91 Å². The van der Waals surface area contributed by atoms with Crippen LogP contribution in [0.5, 0.6) is 5.75 Å². The van der Waals surface area contributed by atoms with E-state index < -0.39 is 12.3 Å². The molecule has 0 unspecified atom stereocenters.